The fraction of sp³-hybridized carbons (Fsp3) is 0.111. The van der Waals surface area contributed by atoms with Crippen LogP contribution < -0.4 is 5.62 Å². The van der Waals surface area contributed by atoms with E-state index < -0.39 is 6.09 Å². The summed E-state index contributed by atoms with van der Waals surface area (Å²) < 4.78 is 8.52. The van der Waals surface area contributed by atoms with Gasteiger partial charge in [-0.25, -0.2) is 4.79 Å². The van der Waals surface area contributed by atoms with Gasteiger partial charge in [-0.05, 0) is 60.0 Å². The average molecular weight is 482 g/mol. The zero-order chi connectivity index (χ0) is 24.7. The van der Waals surface area contributed by atoms with Gasteiger partial charge < -0.3 is 9.30 Å². The highest BCUT2D eigenvalue weighted by atomic mass is 35.5. The number of carbonyl (C=O) groups excluding carboxylic acids is 1. The summed E-state index contributed by atoms with van der Waals surface area (Å²) in [5.41, 5.74) is 6.89. The Morgan fingerprint density at radius 3 is 2.54 bits per heavy atom. The molecule has 0 aliphatic heterocycles. The molecular formula is C27H20ClN5O2. The number of benzene rings is 3. The Morgan fingerprint density at radius 2 is 1.83 bits per heavy atom. The number of pyridine rings is 1. The molecule has 5 aromatic rings. The van der Waals surface area contributed by atoms with E-state index in [0.717, 1.165) is 44.3 Å². The molecule has 8 heteroatoms. The van der Waals surface area contributed by atoms with E-state index in [-0.39, 0.29) is 0 Å². The Labute approximate surface area is 206 Å². The number of hydrogen-bond acceptors (Lipinski definition) is 4. The van der Waals surface area contributed by atoms with Crippen molar-refractivity contribution in [2.45, 2.75) is 6.92 Å². The van der Waals surface area contributed by atoms with Crippen molar-refractivity contribution in [1.82, 2.24) is 14.1 Å². The number of carbonyl (C=O) groups is 1. The molecule has 2 heterocycles. The Hall–Kier alpha value is -4.41. The minimum Gasteiger partial charge on any atom is -0.451 e. The van der Waals surface area contributed by atoms with Crippen molar-refractivity contribution in [3.8, 4) is 22.9 Å². The molecule has 2 aromatic heterocycles. The van der Waals surface area contributed by atoms with E-state index in [2.05, 4.69) is 22.1 Å². The van der Waals surface area contributed by atoms with Crippen LogP contribution in [-0.2, 0) is 11.8 Å². The largest absolute Gasteiger partial charge is 0.451 e. The molecule has 0 spiro atoms. The maximum absolute atomic E-state index is 12.2. The second-order valence-electron chi connectivity index (χ2n) is 8.12. The van der Waals surface area contributed by atoms with Crippen LogP contribution in [-0.4, -0.2) is 27.3 Å². The topological polar surface area (TPSA) is 85.2 Å². The van der Waals surface area contributed by atoms with Crippen LogP contribution in [0, 0.1) is 18.3 Å². The molecule has 1 amide bonds. The van der Waals surface area contributed by atoms with Crippen LogP contribution >= 0.6 is 11.6 Å². The lowest BCUT2D eigenvalue weighted by Crippen LogP contribution is -2.25. The van der Waals surface area contributed by atoms with Gasteiger partial charge in [0.05, 0.1) is 47.2 Å². The average Bonchev–Trinajstić information content (AvgIpc) is 3.15. The molecule has 0 saturated heterocycles. The predicted octanol–water partition coefficient (Wildman–Crippen LogP) is 5.68. The van der Waals surface area contributed by atoms with E-state index in [9.17, 15) is 10.1 Å². The number of rotatable bonds is 2. The van der Waals surface area contributed by atoms with Crippen LogP contribution in [0.3, 0.4) is 0 Å². The zero-order valence-corrected chi connectivity index (χ0v) is 20.0. The van der Waals surface area contributed by atoms with Crippen LogP contribution in [0.25, 0.3) is 38.8 Å². The molecule has 0 unspecified atom stereocenters. The van der Waals surface area contributed by atoms with Crippen LogP contribution in [0.5, 0.6) is 0 Å². The van der Waals surface area contributed by atoms with Crippen molar-refractivity contribution < 1.29 is 9.53 Å². The molecule has 0 radical (unpaired) electrons. The van der Waals surface area contributed by atoms with Crippen molar-refractivity contribution in [3.05, 3.63) is 88.6 Å². The normalized spacial score (nSPS) is 11.7. The summed E-state index contributed by atoms with van der Waals surface area (Å²) in [5.74, 6) is 0. The first-order valence-corrected chi connectivity index (χ1v) is 11.2. The highest BCUT2D eigenvalue weighted by Gasteiger charge is 2.18. The van der Waals surface area contributed by atoms with Gasteiger partial charge in [0.1, 0.15) is 0 Å². The quantitative estimate of drug-likeness (QED) is 0.324. The molecule has 0 atom stereocenters. The van der Waals surface area contributed by atoms with Crippen molar-refractivity contribution in [2.24, 2.45) is 12.0 Å². The molecule has 0 aliphatic rings. The van der Waals surface area contributed by atoms with Crippen LogP contribution in [0.4, 0.5) is 4.79 Å². The molecular weight excluding hydrogens is 462 g/mol. The molecule has 0 N–H and O–H groups in total. The van der Waals surface area contributed by atoms with Gasteiger partial charge in [0.2, 0.25) is 5.62 Å². The number of ether oxygens (including phenoxy) is 1. The summed E-state index contributed by atoms with van der Waals surface area (Å²) in [5, 5.41) is 11.1. The van der Waals surface area contributed by atoms with Crippen molar-refractivity contribution in [2.75, 3.05) is 7.11 Å². The zero-order valence-electron chi connectivity index (χ0n) is 19.3. The van der Waals surface area contributed by atoms with Gasteiger partial charge >= 0.3 is 6.09 Å². The summed E-state index contributed by atoms with van der Waals surface area (Å²) in [6.45, 7) is 1.95. The first-order chi connectivity index (χ1) is 16.9. The van der Waals surface area contributed by atoms with Crippen LogP contribution in [0.2, 0.25) is 5.02 Å². The highest BCUT2D eigenvalue weighted by molar-refractivity contribution is 6.30. The smallest absolute Gasteiger partial charge is 0.436 e. The molecule has 172 valence electrons. The second kappa shape index (κ2) is 8.75. The van der Waals surface area contributed by atoms with Crippen LogP contribution in [0.1, 0.15) is 11.1 Å². The number of hydrogen-bond donors (Lipinski definition) is 0. The SMILES string of the molecule is COC(=O)/N=c1\n(C)c2cnc3ccc(-c4ccc(Cl)cc4)cc3c2n1-c1cc(C#N)ccc1C. The molecule has 35 heavy (non-hydrogen) atoms. The van der Waals surface area contributed by atoms with Gasteiger partial charge in [0, 0.05) is 17.5 Å². The number of methoxy groups -OCH3 is 1. The van der Waals surface area contributed by atoms with Gasteiger partial charge in [-0.15, -0.1) is 4.99 Å². The molecule has 0 fully saturated rings. The molecule has 0 bridgehead atoms. The van der Waals surface area contributed by atoms with E-state index in [0.29, 0.717) is 16.2 Å². The molecule has 0 saturated carbocycles. The molecule has 3 aromatic carbocycles. The summed E-state index contributed by atoms with van der Waals surface area (Å²) in [6, 6.07) is 21.3. The number of fused-ring (bicyclic) bond motifs is 3. The van der Waals surface area contributed by atoms with Crippen LogP contribution in [0.15, 0.2) is 71.9 Å². The van der Waals surface area contributed by atoms with Gasteiger partial charge in [0.15, 0.2) is 0 Å². The minimum atomic E-state index is -0.724. The number of aromatic nitrogens is 3. The third-order valence-electron chi connectivity index (χ3n) is 6.03. The maximum Gasteiger partial charge on any atom is 0.436 e. The second-order valence-corrected chi connectivity index (χ2v) is 8.56. The third-order valence-corrected chi connectivity index (χ3v) is 6.28. The molecule has 0 aliphatic carbocycles. The highest BCUT2D eigenvalue weighted by Crippen LogP contribution is 2.31. The van der Waals surface area contributed by atoms with Gasteiger partial charge in [-0.1, -0.05) is 35.9 Å². The van der Waals surface area contributed by atoms with E-state index in [1.54, 1.807) is 22.9 Å². The number of nitriles is 1. The Bertz CT molecular complexity index is 1740. The predicted molar refractivity (Wildman–Crippen MR) is 135 cm³/mol. The van der Waals surface area contributed by atoms with E-state index in [1.165, 1.54) is 7.11 Å². The minimum absolute atomic E-state index is 0.358. The number of aryl methyl sites for hydroxylation is 2. The summed E-state index contributed by atoms with van der Waals surface area (Å²) in [6.07, 6.45) is 1.04. The lowest BCUT2D eigenvalue weighted by Gasteiger charge is -2.11. The van der Waals surface area contributed by atoms with Gasteiger partial charge in [-0.2, -0.15) is 5.26 Å². The van der Waals surface area contributed by atoms with Gasteiger partial charge in [-0.3, -0.25) is 9.55 Å². The monoisotopic (exact) mass is 481 g/mol. The first kappa shape index (κ1) is 22.4. The Kier molecular flexibility index (Phi) is 5.59. The van der Waals surface area contributed by atoms with E-state index in [4.69, 9.17) is 16.3 Å². The van der Waals surface area contributed by atoms with Gasteiger partial charge in [0.25, 0.3) is 0 Å². The first-order valence-electron chi connectivity index (χ1n) is 10.8. The Balaban J connectivity index is 1.95. The summed E-state index contributed by atoms with van der Waals surface area (Å²) in [7, 11) is 3.11. The number of imidazole rings is 1. The standard InChI is InChI=1S/C27H20ClN5O2/c1-16-4-5-17(14-29)12-23(16)33-25-21-13-19(18-6-9-20(28)10-7-18)8-11-22(21)30-15-24(25)32(2)26(33)31-27(34)35-3/h4-13,15H,1-3H3/b31-26+. The lowest BCUT2D eigenvalue weighted by molar-refractivity contribution is 0.181. The summed E-state index contributed by atoms with van der Waals surface area (Å²) in [4.78, 5) is 21.1. The van der Waals surface area contributed by atoms with E-state index in [1.807, 2.05) is 61.0 Å². The van der Waals surface area contributed by atoms with Crippen molar-refractivity contribution >= 4 is 39.6 Å². The lowest BCUT2D eigenvalue weighted by atomic mass is 10.0. The van der Waals surface area contributed by atoms with Crippen molar-refractivity contribution in [3.63, 3.8) is 0 Å². The third kappa shape index (κ3) is 3.84. The maximum atomic E-state index is 12.2. The fourth-order valence-corrected chi connectivity index (χ4v) is 4.35. The summed E-state index contributed by atoms with van der Waals surface area (Å²) >= 11 is 6.09. The number of amides is 1. The molecule has 7 nitrogen and oxygen atoms in total. The Morgan fingerprint density at radius 1 is 1.09 bits per heavy atom. The number of halogens is 1. The number of nitrogens with zero attached hydrogens (tertiary/aromatic N) is 5. The fourth-order valence-electron chi connectivity index (χ4n) is 4.23. The molecule has 5 rings (SSSR count). The van der Waals surface area contributed by atoms with Crippen molar-refractivity contribution in [1.29, 1.82) is 5.26 Å². The van der Waals surface area contributed by atoms with E-state index >= 15 is 0 Å².